The number of aromatic carboxylic acids is 1. The van der Waals surface area contributed by atoms with Gasteiger partial charge in [-0.05, 0) is 79.2 Å². The van der Waals surface area contributed by atoms with E-state index in [1.165, 1.54) is 56.8 Å². The molecule has 2 bridgehead atoms. The second-order valence-electron chi connectivity index (χ2n) is 12.8. The van der Waals surface area contributed by atoms with Gasteiger partial charge in [-0.2, -0.15) is 0 Å². The first-order chi connectivity index (χ1) is 25.0. The van der Waals surface area contributed by atoms with Crippen LogP contribution in [0.2, 0.25) is 10.0 Å². The maximum Gasteiger partial charge on any atom is 0.415 e. The van der Waals surface area contributed by atoms with Gasteiger partial charge < -0.3 is 28.8 Å². The van der Waals surface area contributed by atoms with Gasteiger partial charge in [0, 0.05) is 28.3 Å². The molecule has 0 radical (unpaired) electrons. The highest BCUT2D eigenvalue weighted by atomic mass is 35.5. The van der Waals surface area contributed by atoms with Crippen LogP contribution in [-0.4, -0.2) is 69.2 Å². The highest BCUT2D eigenvalue weighted by molar-refractivity contribution is 6.35. The van der Waals surface area contributed by atoms with Gasteiger partial charge in [0.2, 0.25) is 12.4 Å². The number of carbonyl (C=O) groups is 2. The Morgan fingerprint density at radius 3 is 2.29 bits per heavy atom. The lowest BCUT2D eigenvalue weighted by atomic mass is 9.82. The van der Waals surface area contributed by atoms with E-state index in [0.717, 1.165) is 30.7 Å². The number of anilines is 1. The van der Waals surface area contributed by atoms with Crippen molar-refractivity contribution in [3.63, 3.8) is 0 Å². The second-order valence-corrected chi connectivity index (χ2v) is 13.6. The number of hydrogen-bond donors (Lipinski definition) is 1. The predicted molar refractivity (Wildman–Crippen MR) is 188 cm³/mol. The molecule has 1 N–H and O–H groups in total. The average Bonchev–Trinajstić information content (AvgIpc) is 3.13. The molecule has 0 unspecified atom stereocenters. The number of rotatable bonds is 12. The number of carbonyl (C=O) groups excluding carboxylic acids is 2. The van der Waals surface area contributed by atoms with Crippen LogP contribution in [0.1, 0.15) is 51.4 Å². The van der Waals surface area contributed by atoms with Gasteiger partial charge in [0.25, 0.3) is 0 Å². The monoisotopic (exact) mass is 753 g/mol. The first kappa shape index (κ1) is 37.0. The fourth-order valence-corrected chi connectivity index (χ4v) is 7.78. The van der Waals surface area contributed by atoms with Crippen molar-refractivity contribution < 1.29 is 48.0 Å². The summed E-state index contributed by atoms with van der Waals surface area (Å²) >= 11 is 13.1. The Bertz CT molecular complexity index is 1950. The summed E-state index contributed by atoms with van der Waals surface area (Å²) in [5.41, 5.74) is 1.55. The number of methoxy groups -OCH3 is 3. The van der Waals surface area contributed by atoms with Crippen LogP contribution in [0.5, 0.6) is 17.2 Å². The molecule has 0 aliphatic carbocycles. The van der Waals surface area contributed by atoms with Crippen LogP contribution in [0.4, 0.5) is 14.9 Å². The normalized spacial score (nSPS) is 18.4. The van der Waals surface area contributed by atoms with Crippen molar-refractivity contribution in [3.8, 4) is 17.2 Å². The van der Waals surface area contributed by atoms with Gasteiger partial charge in [-0.25, -0.2) is 9.18 Å². The van der Waals surface area contributed by atoms with Crippen LogP contribution in [-0.2, 0) is 17.7 Å². The molecule has 274 valence electrons. The van der Waals surface area contributed by atoms with Gasteiger partial charge in [-0.3, -0.25) is 15.0 Å². The first-order valence-corrected chi connectivity index (χ1v) is 17.4. The van der Waals surface area contributed by atoms with E-state index in [-0.39, 0.29) is 52.0 Å². The molecule has 3 aliphatic rings. The second kappa shape index (κ2) is 15.9. The Hall–Kier alpha value is -4.78. The largest absolute Gasteiger partial charge is 0.545 e. The van der Waals surface area contributed by atoms with E-state index in [1.54, 1.807) is 36.4 Å². The summed E-state index contributed by atoms with van der Waals surface area (Å²) in [6.07, 6.45) is 3.30. The van der Waals surface area contributed by atoms with Crippen LogP contribution < -0.4 is 28.9 Å². The number of hydrogen-bond acceptors (Lipinski definition) is 9. The average molecular weight is 755 g/mol. The maximum absolute atomic E-state index is 15.7. The van der Waals surface area contributed by atoms with Crippen molar-refractivity contribution in [2.24, 2.45) is 5.92 Å². The predicted octanol–water partition coefficient (Wildman–Crippen LogP) is 5.66. The van der Waals surface area contributed by atoms with Crippen molar-refractivity contribution in [2.75, 3.05) is 45.9 Å². The van der Waals surface area contributed by atoms with E-state index in [9.17, 15) is 19.9 Å². The molecule has 4 heterocycles. The number of halogens is 3. The summed E-state index contributed by atoms with van der Waals surface area (Å²) < 4.78 is 39.0. The summed E-state index contributed by atoms with van der Waals surface area (Å²) in [7, 11) is 4.36. The summed E-state index contributed by atoms with van der Waals surface area (Å²) in [6.45, 7) is 2.28. The lowest BCUT2D eigenvalue weighted by molar-refractivity contribution is -0.904. The topological polar surface area (TPSA) is 125 Å². The van der Waals surface area contributed by atoms with E-state index in [0.29, 0.717) is 40.3 Å². The Labute approximate surface area is 310 Å². The highest BCUT2D eigenvalue weighted by Crippen LogP contribution is 2.40. The first-order valence-electron chi connectivity index (χ1n) is 16.7. The van der Waals surface area contributed by atoms with Gasteiger partial charge in [-0.1, -0.05) is 53.5 Å². The molecule has 11 nitrogen and oxygen atoms in total. The van der Waals surface area contributed by atoms with Crippen LogP contribution in [0.25, 0.3) is 0 Å². The molecule has 1 amide bonds. The van der Waals surface area contributed by atoms with Crippen molar-refractivity contribution >= 4 is 41.0 Å². The van der Waals surface area contributed by atoms with Crippen molar-refractivity contribution in [1.82, 2.24) is 4.90 Å². The quantitative estimate of drug-likeness (QED) is 0.144. The van der Waals surface area contributed by atoms with Crippen molar-refractivity contribution in [2.45, 2.75) is 37.8 Å². The lowest BCUT2D eigenvalue weighted by Crippen LogP contribution is -2.53. The van der Waals surface area contributed by atoms with Gasteiger partial charge >= 0.3 is 6.09 Å². The van der Waals surface area contributed by atoms with E-state index in [1.807, 2.05) is 0 Å². The Morgan fingerprint density at radius 1 is 0.981 bits per heavy atom. The molecule has 52 heavy (non-hydrogen) atoms. The molecule has 3 aliphatic heterocycles. The summed E-state index contributed by atoms with van der Waals surface area (Å²) in [6, 6.07) is 14.0. The molecular weight excluding hydrogens is 716 g/mol. The molecule has 0 spiro atoms. The minimum absolute atomic E-state index is 0.0736. The molecule has 3 fully saturated rings. The van der Waals surface area contributed by atoms with E-state index in [2.05, 4.69) is 4.90 Å². The zero-order chi connectivity index (χ0) is 37.1. The molecule has 14 heteroatoms. The minimum Gasteiger partial charge on any atom is -0.545 e. The molecular formula is C38H38Cl2FN3O8. The Balaban J connectivity index is 1.46. The number of carboxylic acids is 1. The Morgan fingerprint density at radius 2 is 1.67 bits per heavy atom. The van der Waals surface area contributed by atoms with E-state index in [4.69, 9.17) is 42.1 Å². The SMILES string of the molecule is COc1ccc([C@H](Cc2c(Cl)c[n+](O)cc2Cl)c2cc(CN(C(=O)O[C@H]3CN4CCC3CC4)c3c(F)cccc3OC)ccc2C(=O)[O-])cc1OC. The standard InChI is InChI=1S/C38H38Cl2FN3O8/c1-49-32-10-8-24(16-34(32)51-3)26(17-28-29(39)19-43(48)20-30(28)40)27-15-22(7-9-25(27)37(45)46)18-44(36-31(41)5-4-6-33(36)50-2)38(47)52-35-21-42-13-11-23(35)12-14-42/h4-10,15-16,19-20,23,26,35H,11-14,17-18,21H2,1-3H3,(H-,45,46,48)/t26-,35-/m0/s1. The number of benzene rings is 3. The molecule has 0 saturated carbocycles. The number of nitrogens with zero attached hydrogens (tertiary/aromatic N) is 3. The van der Waals surface area contributed by atoms with Gasteiger partial charge in [0.1, 0.15) is 27.6 Å². The fraction of sp³-hybridized carbons (Fsp3) is 0.342. The number of carboxylic acid groups (broad SMARTS) is 1. The minimum atomic E-state index is -1.44. The Kier molecular flexibility index (Phi) is 11.3. The van der Waals surface area contributed by atoms with Crippen LogP contribution in [0, 0.1) is 11.7 Å². The third kappa shape index (κ3) is 7.69. The highest BCUT2D eigenvalue weighted by Gasteiger charge is 2.38. The third-order valence-electron chi connectivity index (χ3n) is 9.85. The molecule has 3 aromatic carbocycles. The number of pyridine rings is 1. The molecule has 1 aromatic heterocycles. The van der Waals surface area contributed by atoms with Gasteiger partial charge in [-0.15, -0.1) is 0 Å². The zero-order valence-corrected chi connectivity index (χ0v) is 30.3. The smallest absolute Gasteiger partial charge is 0.415 e. The number of aromatic nitrogens is 1. The fourth-order valence-electron chi connectivity index (χ4n) is 7.18. The number of fused-ring (bicyclic) bond motifs is 3. The summed E-state index contributed by atoms with van der Waals surface area (Å²) in [4.78, 5) is 30.2. The van der Waals surface area contributed by atoms with Crippen LogP contribution >= 0.6 is 23.2 Å². The molecule has 4 aromatic rings. The molecule has 7 rings (SSSR count). The lowest BCUT2D eigenvalue weighted by Gasteiger charge is -2.44. The summed E-state index contributed by atoms with van der Waals surface area (Å²) in [5.74, 6) is -1.72. The summed E-state index contributed by atoms with van der Waals surface area (Å²) in [5, 5.41) is 23.0. The number of piperidine rings is 3. The van der Waals surface area contributed by atoms with Crippen molar-refractivity contribution in [1.29, 1.82) is 0 Å². The molecule has 3 saturated heterocycles. The molecule has 2 atom stereocenters. The van der Waals surface area contributed by atoms with Crippen LogP contribution in [0.3, 0.4) is 0 Å². The van der Waals surface area contributed by atoms with Gasteiger partial charge in [0.15, 0.2) is 17.3 Å². The van der Waals surface area contributed by atoms with E-state index >= 15 is 4.39 Å². The van der Waals surface area contributed by atoms with Crippen LogP contribution in [0.15, 0.2) is 67.0 Å². The van der Waals surface area contributed by atoms with Gasteiger partial charge in [0.05, 0.1) is 33.8 Å². The number of amides is 1. The zero-order valence-electron chi connectivity index (χ0n) is 28.8. The number of para-hydroxylation sites is 1. The third-order valence-corrected chi connectivity index (χ3v) is 10.5. The number of ether oxygens (including phenoxy) is 4. The van der Waals surface area contributed by atoms with E-state index < -0.39 is 23.8 Å². The van der Waals surface area contributed by atoms with Crippen molar-refractivity contribution in [3.05, 3.63) is 111 Å². The maximum atomic E-state index is 15.7.